The molecule has 0 saturated carbocycles. The number of hydrogen-bond acceptors (Lipinski definition) is 5. The number of fused-ring (bicyclic) bond motifs is 1. The standard InChI is InChI=1S/C31H25ClN4O/c1-20-8-6-7-11-25(20)29-19-28(21-12-15-24(37-2)16-13-21)35-36(29)31-33-27-17-14-23(32)18-26(27)30(34-31)22-9-4-3-5-10-22/h3-18,29H,19H2,1-2H3/t29-/m0/s1. The molecule has 6 heteroatoms. The molecule has 5 aromatic rings. The summed E-state index contributed by atoms with van der Waals surface area (Å²) < 4.78 is 5.35. The van der Waals surface area contributed by atoms with Gasteiger partial charge in [0.25, 0.3) is 0 Å². The zero-order chi connectivity index (χ0) is 25.4. The maximum Gasteiger partial charge on any atom is 0.247 e. The van der Waals surface area contributed by atoms with Crippen molar-refractivity contribution in [2.24, 2.45) is 5.10 Å². The van der Waals surface area contributed by atoms with Crippen molar-refractivity contribution in [2.75, 3.05) is 12.1 Å². The van der Waals surface area contributed by atoms with Crippen LogP contribution in [0.2, 0.25) is 5.02 Å². The quantitative estimate of drug-likeness (QED) is 0.247. The Hall–Kier alpha value is -4.22. The maximum atomic E-state index is 6.38. The Morgan fingerprint density at radius 2 is 1.59 bits per heavy atom. The molecule has 1 aromatic heterocycles. The number of aromatic nitrogens is 2. The van der Waals surface area contributed by atoms with Gasteiger partial charge in [0.05, 0.1) is 30.1 Å². The van der Waals surface area contributed by atoms with Crippen LogP contribution in [0.4, 0.5) is 5.95 Å². The van der Waals surface area contributed by atoms with E-state index in [1.807, 2.05) is 53.5 Å². The van der Waals surface area contributed by atoms with E-state index in [0.29, 0.717) is 11.0 Å². The van der Waals surface area contributed by atoms with E-state index >= 15 is 0 Å². The van der Waals surface area contributed by atoms with Crippen LogP contribution in [0, 0.1) is 6.92 Å². The largest absolute Gasteiger partial charge is 0.497 e. The van der Waals surface area contributed by atoms with Crippen LogP contribution in [0.1, 0.15) is 29.2 Å². The van der Waals surface area contributed by atoms with Gasteiger partial charge in [-0.2, -0.15) is 5.10 Å². The molecule has 0 amide bonds. The summed E-state index contributed by atoms with van der Waals surface area (Å²) in [5.41, 5.74) is 7.11. The molecule has 0 saturated heterocycles. The van der Waals surface area contributed by atoms with Gasteiger partial charge in [0.1, 0.15) is 5.75 Å². The van der Waals surface area contributed by atoms with Gasteiger partial charge < -0.3 is 4.74 Å². The molecular weight excluding hydrogens is 480 g/mol. The molecule has 1 aliphatic heterocycles. The Balaban J connectivity index is 1.53. The second kappa shape index (κ2) is 9.68. The van der Waals surface area contributed by atoms with Crippen LogP contribution >= 0.6 is 11.6 Å². The molecule has 5 nitrogen and oxygen atoms in total. The molecule has 0 unspecified atom stereocenters. The molecule has 0 N–H and O–H groups in total. The van der Waals surface area contributed by atoms with Gasteiger partial charge in [-0.3, -0.25) is 0 Å². The summed E-state index contributed by atoms with van der Waals surface area (Å²) in [5, 5.41) is 8.64. The van der Waals surface area contributed by atoms with Crippen LogP contribution in [0.25, 0.3) is 22.2 Å². The van der Waals surface area contributed by atoms with Crippen LogP contribution in [0.15, 0.2) is 102 Å². The Morgan fingerprint density at radius 3 is 2.35 bits per heavy atom. The van der Waals surface area contributed by atoms with E-state index in [2.05, 4.69) is 55.5 Å². The van der Waals surface area contributed by atoms with E-state index in [1.54, 1.807) is 7.11 Å². The first-order chi connectivity index (χ1) is 18.1. The summed E-state index contributed by atoms with van der Waals surface area (Å²) in [4.78, 5) is 10.1. The van der Waals surface area contributed by atoms with Crippen LogP contribution < -0.4 is 9.75 Å². The molecule has 0 fully saturated rings. The number of halogens is 1. The molecule has 1 aliphatic rings. The van der Waals surface area contributed by atoms with Crippen molar-refractivity contribution in [1.82, 2.24) is 9.97 Å². The third-order valence-electron chi connectivity index (χ3n) is 6.78. The smallest absolute Gasteiger partial charge is 0.247 e. The van der Waals surface area contributed by atoms with Crippen molar-refractivity contribution >= 4 is 34.2 Å². The third-order valence-corrected chi connectivity index (χ3v) is 7.01. The van der Waals surface area contributed by atoms with Crippen molar-refractivity contribution in [3.63, 3.8) is 0 Å². The number of hydrogen-bond donors (Lipinski definition) is 0. The molecule has 1 atom stereocenters. The predicted molar refractivity (Wildman–Crippen MR) is 151 cm³/mol. The number of ether oxygens (including phenoxy) is 1. The zero-order valence-electron chi connectivity index (χ0n) is 20.6. The van der Waals surface area contributed by atoms with Gasteiger partial charge in [-0.15, -0.1) is 0 Å². The summed E-state index contributed by atoms with van der Waals surface area (Å²) in [6.07, 6.45) is 0.736. The number of anilines is 1. The number of hydrazone groups is 1. The number of nitrogens with zero attached hydrogens (tertiary/aromatic N) is 4. The van der Waals surface area contributed by atoms with E-state index in [9.17, 15) is 0 Å². The molecule has 0 bridgehead atoms. The molecule has 37 heavy (non-hydrogen) atoms. The number of methoxy groups -OCH3 is 1. The van der Waals surface area contributed by atoms with Crippen molar-refractivity contribution in [2.45, 2.75) is 19.4 Å². The van der Waals surface area contributed by atoms with Crippen molar-refractivity contribution in [1.29, 1.82) is 0 Å². The zero-order valence-corrected chi connectivity index (χ0v) is 21.4. The molecule has 0 spiro atoms. The van der Waals surface area contributed by atoms with Gasteiger partial charge in [-0.25, -0.2) is 15.0 Å². The predicted octanol–water partition coefficient (Wildman–Crippen LogP) is 7.62. The third kappa shape index (κ3) is 4.43. The van der Waals surface area contributed by atoms with E-state index in [-0.39, 0.29) is 6.04 Å². The molecule has 182 valence electrons. The Bertz CT molecular complexity index is 1620. The average Bonchev–Trinajstić information content (AvgIpc) is 3.38. The molecular formula is C31H25ClN4O. The van der Waals surface area contributed by atoms with Gasteiger partial charge in [-0.05, 0) is 66.1 Å². The second-order valence-electron chi connectivity index (χ2n) is 9.10. The highest BCUT2D eigenvalue weighted by atomic mass is 35.5. The Morgan fingerprint density at radius 1 is 0.838 bits per heavy atom. The van der Waals surface area contributed by atoms with Gasteiger partial charge in [0, 0.05) is 22.4 Å². The number of aryl methyl sites for hydroxylation is 1. The minimum absolute atomic E-state index is 0.0355. The van der Waals surface area contributed by atoms with E-state index < -0.39 is 0 Å². The highest BCUT2D eigenvalue weighted by Gasteiger charge is 2.33. The molecule has 6 rings (SSSR count). The molecule has 2 heterocycles. The monoisotopic (exact) mass is 504 g/mol. The minimum atomic E-state index is -0.0355. The lowest BCUT2D eigenvalue weighted by Gasteiger charge is -2.24. The van der Waals surface area contributed by atoms with Gasteiger partial charge in [0.15, 0.2) is 0 Å². The fourth-order valence-corrected chi connectivity index (χ4v) is 5.03. The van der Waals surface area contributed by atoms with E-state index in [4.69, 9.17) is 31.4 Å². The van der Waals surface area contributed by atoms with Gasteiger partial charge >= 0.3 is 0 Å². The fourth-order valence-electron chi connectivity index (χ4n) is 4.86. The Kier molecular flexibility index (Phi) is 6.07. The number of benzene rings is 4. The summed E-state index contributed by atoms with van der Waals surface area (Å²) in [7, 11) is 1.67. The van der Waals surface area contributed by atoms with Gasteiger partial charge in [-0.1, -0.05) is 66.2 Å². The van der Waals surface area contributed by atoms with Crippen molar-refractivity contribution in [3.8, 4) is 17.0 Å². The van der Waals surface area contributed by atoms with Crippen LogP contribution in [0.3, 0.4) is 0 Å². The lowest BCUT2D eigenvalue weighted by atomic mass is 9.95. The maximum absolute atomic E-state index is 6.38. The molecule has 0 radical (unpaired) electrons. The van der Waals surface area contributed by atoms with E-state index in [1.165, 1.54) is 11.1 Å². The summed E-state index contributed by atoms with van der Waals surface area (Å²) >= 11 is 6.38. The normalized spacial score (nSPS) is 15.2. The summed E-state index contributed by atoms with van der Waals surface area (Å²) in [6.45, 7) is 2.14. The first kappa shape index (κ1) is 23.2. The lowest BCUT2D eigenvalue weighted by Crippen LogP contribution is -2.22. The van der Waals surface area contributed by atoms with Crippen LogP contribution in [-0.4, -0.2) is 22.8 Å². The average molecular weight is 505 g/mol. The lowest BCUT2D eigenvalue weighted by molar-refractivity contribution is 0.415. The van der Waals surface area contributed by atoms with Crippen molar-refractivity contribution < 1.29 is 4.74 Å². The minimum Gasteiger partial charge on any atom is -0.497 e. The van der Waals surface area contributed by atoms with Crippen LogP contribution in [-0.2, 0) is 0 Å². The van der Waals surface area contributed by atoms with Crippen LogP contribution in [0.5, 0.6) is 5.75 Å². The summed E-state index contributed by atoms with van der Waals surface area (Å²) in [6, 6.07) is 32.3. The van der Waals surface area contributed by atoms with Gasteiger partial charge in [0.2, 0.25) is 5.95 Å². The second-order valence-corrected chi connectivity index (χ2v) is 9.53. The summed E-state index contributed by atoms with van der Waals surface area (Å²) in [5.74, 6) is 1.38. The number of rotatable bonds is 5. The van der Waals surface area contributed by atoms with E-state index in [0.717, 1.165) is 45.6 Å². The Labute approximate surface area is 221 Å². The SMILES string of the molecule is COc1ccc(C2=NN(c3nc(-c4ccccc4)c4cc(Cl)ccc4n3)[C@H](c3ccccc3C)C2)cc1. The topological polar surface area (TPSA) is 50.6 Å². The first-order valence-corrected chi connectivity index (χ1v) is 12.6. The highest BCUT2D eigenvalue weighted by molar-refractivity contribution is 6.31. The molecule has 0 aliphatic carbocycles. The molecule has 4 aromatic carbocycles. The van der Waals surface area contributed by atoms with Crippen molar-refractivity contribution in [3.05, 3.63) is 119 Å². The fraction of sp³-hybridized carbons (Fsp3) is 0.129. The highest BCUT2D eigenvalue weighted by Crippen LogP contribution is 2.39. The first-order valence-electron chi connectivity index (χ1n) is 12.2.